The van der Waals surface area contributed by atoms with Crippen molar-refractivity contribution in [2.45, 2.75) is 78.1 Å². The number of phenolic OH excluding ortho intramolecular Hbond substituents is 2. The molecule has 0 fully saturated rings. The second-order valence-corrected chi connectivity index (χ2v) is 11.1. The Bertz CT molecular complexity index is 1110. The summed E-state index contributed by atoms with van der Waals surface area (Å²) in [5.41, 5.74) is 0.814. The van der Waals surface area contributed by atoms with Gasteiger partial charge in [-0.3, -0.25) is 9.59 Å². The SMILES string of the molecule is CCCCCCCCCC[N+](C)(C)CCCCOc1cc(O)c2c(c1)C(=O)c1cc(C)cc(O)c1C2=O. The summed E-state index contributed by atoms with van der Waals surface area (Å²) in [6.45, 7) is 6.72. The number of phenols is 2. The van der Waals surface area contributed by atoms with Crippen LogP contribution in [0.1, 0.15) is 109 Å². The highest BCUT2D eigenvalue weighted by atomic mass is 16.5. The number of hydrogen-bond acceptors (Lipinski definition) is 5. The quantitative estimate of drug-likeness (QED) is 0.179. The van der Waals surface area contributed by atoms with E-state index in [4.69, 9.17) is 4.74 Å². The van der Waals surface area contributed by atoms with E-state index < -0.39 is 11.6 Å². The van der Waals surface area contributed by atoms with Crippen LogP contribution in [0.4, 0.5) is 0 Å². The van der Waals surface area contributed by atoms with Gasteiger partial charge in [0.2, 0.25) is 5.78 Å². The Hall–Kier alpha value is -2.86. The van der Waals surface area contributed by atoms with Crippen molar-refractivity contribution in [1.82, 2.24) is 0 Å². The Labute approximate surface area is 221 Å². The lowest BCUT2D eigenvalue weighted by molar-refractivity contribution is -0.890. The molecule has 0 saturated carbocycles. The molecule has 0 amide bonds. The van der Waals surface area contributed by atoms with Crippen LogP contribution in [-0.4, -0.2) is 60.1 Å². The number of unbranched alkanes of at least 4 members (excludes halogenated alkanes) is 8. The summed E-state index contributed by atoms with van der Waals surface area (Å²) >= 11 is 0. The molecule has 0 atom stereocenters. The van der Waals surface area contributed by atoms with Crippen molar-refractivity contribution in [2.75, 3.05) is 33.8 Å². The molecule has 0 spiro atoms. The van der Waals surface area contributed by atoms with Gasteiger partial charge in [0.05, 0.1) is 44.9 Å². The number of ether oxygens (including phenoxy) is 1. The number of carbonyl (C=O) groups is 2. The summed E-state index contributed by atoms with van der Waals surface area (Å²) < 4.78 is 6.86. The highest BCUT2D eigenvalue weighted by molar-refractivity contribution is 6.30. The average molecular weight is 511 g/mol. The lowest BCUT2D eigenvalue weighted by atomic mass is 9.82. The van der Waals surface area contributed by atoms with E-state index in [1.807, 2.05) is 0 Å². The highest BCUT2D eigenvalue weighted by Gasteiger charge is 2.35. The fraction of sp³-hybridized carbons (Fsp3) is 0.548. The molecule has 37 heavy (non-hydrogen) atoms. The average Bonchev–Trinajstić information content (AvgIpc) is 2.83. The number of hydrogen-bond donors (Lipinski definition) is 2. The number of benzene rings is 2. The molecule has 3 rings (SSSR count). The maximum atomic E-state index is 13.1. The highest BCUT2D eigenvalue weighted by Crippen LogP contribution is 2.39. The van der Waals surface area contributed by atoms with Gasteiger partial charge in [-0.2, -0.15) is 0 Å². The van der Waals surface area contributed by atoms with E-state index in [0.29, 0.717) is 17.9 Å². The minimum absolute atomic E-state index is 0.0558. The van der Waals surface area contributed by atoms with Gasteiger partial charge in [-0.05, 0) is 56.4 Å². The number of aryl methyl sites for hydroxylation is 1. The van der Waals surface area contributed by atoms with Crippen LogP contribution in [0.2, 0.25) is 0 Å². The van der Waals surface area contributed by atoms with Gasteiger partial charge in [0.25, 0.3) is 0 Å². The molecule has 0 bridgehead atoms. The summed E-state index contributed by atoms with van der Waals surface area (Å²) in [6.07, 6.45) is 12.6. The van der Waals surface area contributed by atoms with Crippen molar-refractivity contribution in [2.24, 2.45) is 0 Å². The number of aromatic hydroxyl groups is 2. The van der Waals surface area contributed by atoms with E-state index in [1.165, 1.54) is 76.1 Å². The molecule has 1 aliphatic rings. The van der Waals surface area contributed by atoms with Crippen LogP contribution in [0.5, 0.6) is 17.2 Å². The molecule has 0 heterocycles. The number of carbonyl (C=O) groups excluding carboxylic acids is 2. The van der Waals surface area contributed by atoms with E-state index in [2.05, 4.69) is 21.0 Å². The van der Waals surface area contributed by atoms with E-state index in [9.17, 15) is 19.8 Å². The minimum Gasteiger partial charge on any atom is -0.507 e. The molecule has 0 saturated heterocycles. The molecule has 6 nitrogen and oxygen atoms in total. The van der Waals surface area contributed by atoms with Gasteiger partial charge < -0.3 is 19.4 Å². The van der Waals surface area contributed by atoms with Crippen molar-refractivity contribution in [1.29, 1.82) is 0 Å². The normalized spacial score (nSPS) is 13.0. The molecule has 2 N–H and O–H groups in total. The number of fused-ring (bicyclic) bond motifs is 2. The molecular formula is C31H44NO5+. The van der Waals surface area contributed by atoms with Crippen LogP contribution in [0.15, 0.2) is 24.3 Å². The third kappa shape index (κ3) is 7.57. The standard InChI is InChI=1S/C31H43NO5/c1-5-6-7-8-9-10-11-12-15-32(3,4)16-13-14-17-37-23-20-25-29(27(34)21-23)31(36)28-24(30(25)35)18-22(2)19-26(28)33/h18-21H,5-17H2,1-4H3,(H-,33,34,36)/p+1. The molecule has 0 radical (unpaired) electrons. The van der Waals surface area contributed by atoms with Crippen molar-refractivity contribution in [3.05, 3.63) is 52.1 Å². The zero-order chi connectivity index (χ0) is 27.0. The minimum atomic E-state index is -0.553. The number of rotatable bonds is 15. The van der Waals surface area contributed by atoms with Crippen molar-refractivity contribution in [3.63, 3.8) is 0 Å². The number of nitrogens with zero attached hydrogens (tertiary/aromatic N) is 1. The van der Waals surface area contributed by atoms with E-state index >= 15 is 0 Å². The molecule has 0 aliphatic heterocycles. The van der Waals surface area contributed by atoms with Gasteiger partial charge >= 0.3 is 0 Å². The predicted molar refractivity (Wildman–Crippen MR) is 147 cm³/mol. The first-order valence-electron chi connectivity index (χ1n) is 13.9. The Morgan fingerprint density at radius 1 is 0.703 bits per heavy atom. The smallest absolute Gasteiger partial charge is 0.201 e. The predicted octanol–water partition coefficient (Wildman–Crippen LogP) is 6.56. The number of ketones is 2. The molecule has 2 aromatic rings. The summed E-state index contributed by atoms with van der Waals surface area (Å²) in [5, 5.41) is 20.8. The van der Waals surface area contributed by atoms with Crippen LogP contribution >= 0.6 is 0 Å². The van der Waals surface area contributed by atoms with Crippen LogP contribution in [-0.2, 0) is 0 Å². The van der Waals surface area contributed by atoms with Crippen LogP contribution in [0.3, 0.4) is 0 Å². The van der Waals surface area contributed by atoms with Crippen LogP contribution in [0, 0.1) is 6.92 Å². The molecule has 6 heteroatoms. The van der Waals surface area contributed by atoms with Gasteiger partial charge in [-0.25, -0.2) is 0 Å². The van der Waals surface area contributed by atoms with Crippen molar-refractivity contribution >= 4 is 11.6 Å². The summed E-state index contributed by atoms with van der Waals surface area (Å²) in [5.74, 6) is -1.14. The third-order valence-corrected chi connectivity index (χ3v) is 7.34. The first-order valence-corrected chi connectivity index (χ1v) is 13.9. The van der Waals surface area contributed by atoms with Gasteiger partial charge in [0, 0.05) is 17.2 Å². The maximum Gasteiger partial charge on any atom is 0.201 e. The van der Waals surface area contributed by atoms with Crippen LogP contribution < -0.4 is 4.74 Å². The zero-order valence-corrected chi connectivity index (χ0v) is 23.1. The molecule has 0 aromatic heterocycles. The van der Waals surface area contributed by atoms with E-state index in [1.54, 1.807) is 13.0 Å². The van der Waals surface area contributed by atoms with Gasteiger partial charge in [-0.15, -0.1) is 0 Å². The Kier molecular flexibility index (Phi) is 10.2. The Morgan fingerprint density at radius 3 is 1.89 bits per heavy atom. The second kappa shape index (κ2) is 13.1. The molecular weight excluding hydrogens is 466 g/mol. The maximum absolute atomic E-state index is 13.1. The first-order chi connectivity index (χ1) is 17.6. The molecule has 2 aromatic carbocycles. The zero-order valence-electron chi connectivity index (χ0n) is 23.1. The molecule has 202 valence electrons. The van der Waals surface area contributed by atoms with E-state index in [-0.39, 0.29) is 33.8 Å². The Balaban J connectivity index is 1.46. The number of quaternary nitrogens is 1. The summed E-state index contributed by atoms with van der Waals surface area (Å²) in [4.78, 5) is 26.1. The largest absolute Gasteiger partial charge is 0.507 e. The summed E-state index contributed by atoms with van der Waals surface area (Å²) in [6, 6.07) is 5.94. The van der Waals surface area contributed by atoms with Gasteiger partial charge in [-0.1, -0.05) is 45.4 Å². The van der Waals surface area contributed by atoms with Crippen molar-refractivity contribution < 1.29 is 29.0 Å². The summed E-state index contributed by atoms with van der Waals surface area (Å²) in [7, 11) is 4.56. The van der Waals surface area contributed by atoms with E-state index in [0.717, 1.165) is 23.9 Å². The third-order valence-electron chi connectivity index (χ3n) is 7.34. The second-order valence-electron chi connectivity index (χ2n) is 11.1. The topological polar surface area (TPSA) is 83.8 Å². The van der Waals surface area contributed by atoms with Crippen LogP contribution in [0.25, 0.3) is 0 Å². The monoisotopic (exact) mass is 510 g/mol. The van der Waals surface area contributed by atoms with Crippen molar-refractivity contribution in [3.8, 4) is 17.2 Å². The van der Waals surface area contributed by atoms with Gasteiger partial charge in [0.1, 0.15) is 17.2 Å². The van der Waals surface area contributed by atoms with Gasteiger partial charge in [0.15, 0.2) is 5.78 Å². The molecule has 0 unspecified atom stereocenters. The Morgan fingerprint density at radius 2 is 1.24 bits per heavy atom. The first kappa shape index (κ1) is 28.7. The fourth-order valence-electron chi connectivity index (χ4n) is 5.17. The lowest BCUT2D eigenvalue weighted by Gasteiger charge is -2.30. The fourth-order valence-corrected chi connectivity index (χ4v) is 5.17. The lowest BCUT2D eigenvalue weighted by Crippen LogP contribution is -2.41. The molecule has 1 aliphatic carbocycles.